The zero-order chi connectivity index (χ0) is 10.5. The number of ether oxygens (including phenoxy) is 1. The Bertz CT molecular complexity index is 437. The largest absolute Gasteiger partial charge is 0.456 e. The first-order chi connectivity index (χ1) is 7.38. The molecule has 1 aromatic heterocycles. The summed E-state index contributed by atoms with van der Waals surface area (Å²) in [5.41, 5.74) is 0.633. The molecular weight excluding hydrogens is 190 g/mol. The second kappa shape index (κ2) is 4.37. The van der Waals surface area contributed by atoms with E-state index in [1.54, 1.807) is 42.7 Å². The van der Waals surface area contributed by atoms with Crippen molar-refractivity contribution in [1.82, 2.24) is 4.98 Å². The molecule has 0 atom stereocenters. The summed E-state index contributed by atoms with van der Waals surface area (Å²) in [6.07, 6.45) is 4.11. The van der Waals surface area contributed by atoms with Crippen LogP contribution in [-0.2, 0) is 0 Å². The van der Waals surface area contributed by atoms with E-state index in [1.807, 2.05) is 6.07 Å². The molecule has 74 valence electrons. The van der Waals surface area contributed by atoms with Crippen LogP contribution in [0.2, 0.25) is 0 Å². The first kappa shape index (κ1) is 9.40. The van der Waals surface area contributed by atoms with E-state index in [2.05, 4.69) is 4.98 Å². The third-order valence-electron chi connectivity index (χ3n) is 1.89. The molecule has 3 heteroatoms. The van der Waals surface area contributed by atoms with Crippen molar-refractivity contribution >= 4 is 6.29 Å². The monoisotopic (exact) mass is 199 g/mol. The number of carbonyl (C=O) groups excluding carboxylic acids is 1. The second-order valence-electron chi connectivity index (χ2n) is 2.98. The summed E-state index contributed by atoms with van der Waals surface area (Å²) in [7, 11) is 0. The molecule has 0 fully saturated rings. The number of carbonyl (C=O) groups is 1. The first-order valence-corrected chi connectivity index (χ1v) is 4.51. The van der Waals surface area contributed by atoms with Crippen LogP contribution in [-0.4, -0.2) is 11.3 Å². The van der Waals surface area contributed by atoms with Crippen LogP contribution in [0.4, 0.5) is 0 Å². The summed E-state index contributed by atoms with van der Waals surface area (Å²) in [5.74, 6) is 1.37. The van der Waals surface area contributed by atoms with E-state index in [0.717, 1.165) is 6.29 Å². The van der Waals surface area contributed by atoms with Crippen LogP contribution in [0.3, 0.4) is 0 Å². The molecule has 3 nitrogen and oxygen atoms in total. The Labute approximate surface area is 87.3 Å². The van der Waals surface area contributed by atoms with Crippen LogP contribution >= 0.6 is 0 Å². The van der Waals surface area contributed by atoms with Gasteiger partial charge in [-0.3, -0.25) is 9.78 Å². The third kappa shape index (κ3) is 2.40. The van der Waals surface area contributed by atoms with E-state index in [-0.39, 0.29) is 0 Å². The van der Waals surface area contributed by atoms with Crippen LogP contribution in [0.25, 0.3) is 0 Å². The summed E-state index contributed by atoms with van der Waals surface area (Å²) in [6.45, 7) is 0. The van der Waals surface area contributed by atoms with E-state index in [0.29, 0.717) is 17.1 Å². The number of aldehydes is 1. The molecule has 1 heterocycles. The van der Waals surface area contributed by atoms with E-state index in [1.165, 1.54) is 0 Å². The van der Waals surface area contributed by atoms with Crippen molar-refractivity contribution in [3.63, 3.8) is 0 Å². The Morgan fingerprint density at radius 2 is 1.87 bits per heavy atom. The van der Waals surface area contributed by atoms with Gasteiger partial charge in [0.1, 0.15) is 17.8 Å². The zero-order valence-electron chi connectivity index (χ0n) is 7.96. The molecule has 0 saturated heterocycles. The van der Waals surface area contributed by atoms with Crippen LogP contribution in [0.5, 0.6) is 11.5 Å². The molecular formula is C12H9NO2. The highest BCUT2D eigenvalue weighted by Crippen LogP contribution is 2.19. The van der Waals surface area contributed by atoms with Gasteiger partial charge < -0.3 is 4.74 Å². The lowest BCUT2D eigenvalue weighted by molar-refractivity contribution is 0.112. The van der Waals surface area contributed by atoms with Gasteiger partial charge in [-0.15, -0.1) is 0 Å². The van der Waals surface area contributed by atoms with E-state index in [9.17, 15) is 4.79 Å². The van der Waals surface area contributed by atoms with E-state index >= 15 is 0 Å². The van der Waals surface area contributed by atoms with Crippen molar-refractivity contribution in [2.75, 3.05) is 0 Å². The number of aromatic nitrogens is 1. The first-order valence-electron chi connectivity index (χ1n) is 4.51. The summed E-state index contributed by atoms with van der Waals surface area (Å²) in [5, 5.41) is 0. The van der Waals surface area contributed by atoms with Crippen molar-refractivity contribution < 1.29 is 9.53 Å². The number of nitrogens with zero attached hydrogens (tertiary/aromatic N) is 1. The summed E-state index contributed by atoms with van der Waals surface area (Å²) in [4.78, 5) is 14.4. The van der Waals surface area contributed by atoms with Crippen molar-refractivity contribution in [3.05, 3.63) is 54.4 Å². The van der Waals surface area contributed by atoms with Gasteiger partial charge in [0.15, 0.2) is 0 Å². The van der Waals surface area contributed by atoms with Crippen LogP contribution in [0.1, 0.15) is 10.4 Å². The van der Waals surface area contributed by atoms with E-state index < -0.39 is 0 Å². The van der Waals surface area contributed by atoms with Gasteiger partial charge in [-0.1, -0.05) is 0 Å². The quantitative estimate of drug-likeness (QED) is 0.713. The van der Waals surface area contributed by atoms with Gasteiger partial charge in [0.25, 0.3) is 0 Å². The van der Waals surface area contributed by atoms with Crippen molar-refractivity contribution in [2.45, 2.75) is 0 Å². The average Bonchev–Trinajstić information content (AvgIpc) is 2.31. The minimum Gasteiger partial charge on any atom is -0.456 e. The lowest BCUT2D eigenvalue weighted by atomic mass is 10.2. The molecule has 0 N–H and O–H groups in total. The van der Waals surface area contributed by atoms with Gasteiger partial charge in [-0.2, -0.15) is 0 Å². The molecule has 0 unspecified atom stereocenters. The SMILES string of the molecule is O=Cc1ccc(Oc2cccnc2)cc1. The van der Waals surface area contributed by atoms with Crippen LogP contribution in [0.15, 0.2) is 48.8 Å². The van der Waals surface area contributed by atoms with Crippen LogP contribution < -0.4 is 4.74 Å². The van der Waals surface area contributed by atoms with Gasteiger partial charge in [0, 0.05) is 11.8 Å². The molecule has 0 aliphatic heterocycles. The number of hydrogen-bond donors (Lipinski definition) is 0. The highest BCUT2D eigenvalue weighted by Gasteiger charge is 1.96. The molecule has 15 heavy (non-hydrogen) atoms. The second-order valence-corrected chi connectivity index (χ2v) is 2.98. The van der Waals surface area contributed by atoms with Gasteiger partial charge >= 0.3 is 0 Å². The molecule has 0 aliphatic rings. The molecule has 2 aromatic rings. The smallest absolute Gasteiger partial charge is 0.150 e. The van der Waals surface area contributed by atoms with Gasteiger partial charge in [-0.05, 0) is 36.4 Å². The lowest BCUT2D eigenvalue weighted by Gasteiger charge is -2.04. The molecule has 0 radical (unpaired) electrons. The minimum absolute atomic E-state index is 0.633. The minimum atomic E-state index is 0.633. The van der Waals surface area contributed by atoms with Gasteiger partial charge in [-0.25, -0.2) is 0 Å². The Morgan fingerprint density at radius 3 is 2.47 bits per heavy atom. The lowest BCUT2D eigenvalue weighted by Crippen LogP contribution is -1.85. The maximum atomic E-state index is 10.4. The Balaban J connectivity index is 2.15. The van der Waals surface area contributed by atoms with Crippen molar-refractivity contribution in [2.24, 2.45) is 0 Å². The Hall–Kier alpha value is -2.16. The highest BCUT2D eigenvalue weighted by atomic mass is 16.5. The summed E-state index contributed by atoms with van der Waals surface area (Å²) in [6, 6.07) is 10.5. The highest BCUT2D eigenvalue weighted by molar-refractivity contribution is 5.74. The number of hydrogen-bond acceptors (Lipinski definition) is 3. The maximum Gasteiger partial charge on any atom is 0.150 e. The molecule has 0 bridgehead atoms. The fourth-order valence-electron chi connectivity index (χ4n) is 1.16. The predicted molar refractivity (Wildman–Crippen MR) is 56.1 cm³/mol. The Kier molecular flexibility index (Phi) is 2.74. The number of rotatable bonds is 3. The average molecular weight is 199 g/mol. The van der Waals surface area contributed by atoms with Gasteiger partial charge in [0.05, 0.1) is 6.20 Å². The molecule has 0 spiro atoms. The molecule has 0 amide bonds. The van der Waals surface area contributed by atoms with Crippen molar-refractivity contribution in [3.8, 4) is 11.5 Å². The normalized spacial score (nSPS) is 9.60. The third-order valence-corrected chi connectivity index (χ3v) is 1.89. The fourth-order valence-corrected chi connectivity index (χ4v) is 1.16. The fraction of sp³-hybridized carbons (Fsp3) is 0. The zero-order valence-corrected chi connectivity index (χ0v) is 7.96. The molecule has 2 rings (SSSR count). The maximum absolute atomic E-state index is 10.4. The standard InChI is InChI=1S/C12H9NO2/c14-9-10-3-5-11(6-4-10)15-12-2-1-7-13-8-12/h1-9H. The summed E-state index contributed by atoms with van der Waals surface area (Å²) < 4.78 is 5.50. The molecule has 1 aromatic carbocycles. The topological polar surface area (TPSA) is 39.2 Å². The van der Waals surface area contributed by atoms with Gasteiger partial charge in [0.2, 0.25) is 0 Å². The summed E-state index contributed by atoms with van der Waals surface area (Å²) >= 11 is 0. The molecule has 0 aliphatic carbocycles. The number of benzene rings is 1. The van der Waals surface area contributed by atoms with E-state index in [4.69, 9.17) is 4.74 Å². The number of pyridine rings is 1. The predicted octanol–water partition coefficient (Wildman–Crippen LogP) is 2.69. The molecule has 0 saturated carbocycles. The van der Waals surface area contributed by atoms with Crippen molar-refractivity contribution in [1.29, 1.82) is 0 Å². The van der Waals surface area contributed by atoms with Crippen LogP contribution in [0, 0.1) is 0 Å². The Morgan fingerprint density at radius 1 is 1.07 bits per heavy atom.